The molecule has 2 aromatic heterocycles. The average Bonchev–Trinajstić information content (AvgIpc) is 3.30. The number of aromatic nitrogens is 2. The highest BCUT2D eigenvalue weighted by Gasteiger charge is 2.09. The van der Waals surface area contributed by atoms with Crippen molar-refractivity contribution in [2.75, 3.05) is 6.54 Å². The van der Waals surface area contributed by atoms with Gasteiger partial charge in [0.2, 0.25) is 0 Å². The summed E-state index contributed by atoms with van der Waals surface area (Å²) in [7, 11) is 0. The molecule has 3 rings (SSSR count). The molecule has 130 valence electrons. The summed E-state index contributed by atoms with van der Waals surface area (Å²) in [6, 6.07) is 11.2. The Kier molecular flexibility index (Phi) is 5.33. The van der Waals surface area contributed by atoms with Crippen molar-refractivity contribution in [2.45, 2.75) is 32.7 Å². The highest BCUT2D eigenvalue weighted by Crippen LogP contribution is 2.20. The molecular weight excluding hydrogens is 314 g/mol. The number of nitrogens with zero attached hydrogens (tertiary/aromatic N) is 2. The second-order valence-electron chi connectivity index (χ2n) is 6.30. The Morgan fingerprint density at radius 1 is 1.28 bits per heavy atom. The van der Waals surface area contributed by atoms with Gasteiger partial charge >= 0.3 is 0 Å². The summed E-state index contributed by atoms with van der Waals surface area (Å²) in [5, 5.41) is 2.98. The van der Waals surface area contributed by atoms with Gasteiger partial charge in [-0.25, -0.2) is 4.98 Å². The van der Waals surface area contributed by atoms with Gasteiger partial charge in [-0.2, -0.15) is 0 Å². The molecule has 1 N–H and O–H groups in total. The zero-order chi connectivity index (χ0) is 17.6. The molecule has 2 heterocycles. The molecule has 0 bridgehead atoms. The van der Waals surface area contributed by atoms with Crippen molar-refractivity contribution in [3.05, 3.63) is 66.4 Å². The number of hydrogen-bond donors (Lipinski definition) is 1. The van der Waals surface area contributed by atoms with E-state index in [1.807, 2.05) is 48.8 Å². The van der Waals surface area contributed by atoms with Gasteiger partial charge < -0.3 is 14.3 Å². The maximum absolute atomic E-state index is 12.3. The number of furan rings is 1. The summed E-state index contributed by atoms with van der Waals surface area (Å²) >= 11 is 0. The highest BCUT2D eigenvalue weighted by atomic mass is 16.3. The van der Waals surface area contributed by atoms with Crippen LogP contribution in [0.2, 0.25) is 0 Å². The molecule has 0 aliphatic carbocycles. The molecule has 0 saturated carbocycles. The smallest absolute Gasteiger partial charge is 0.251 e. The summed E-state index contributed by atoms with van der Waals surface area (Å²) < 4.78 is 7.53. The van der Waals surface area contributed by atoms with Crippen molar-refractivity contribution in [1.82, 2.24) is 14.9 Å². The minimum Gasteiger partial charge on any atom is -0.464 e. The molecule has 0 unspecified atom stereocenters. The van der Waals surface area contributed by atoms with Crippen LogP contribution in [0.25, 0.3) is 11.3 Å². The van der Waals surface area contributed by atoms with E-state index in [1.165, 1.54) is 0 Å². The zero-order valence-corrected chi connectivity index (χ0v) is 14.6. The molecular formula is C20H23N3O2. The highest BCUT2D eigenvalue weighted by molar-refractivity contribution is 5.95. The Labute approximate surface area is 147 Å². The monoisotopic (exact) mass is 337 g/mol. The average molecular weight is 337 g/mol. The lowest BCUT2D eigenvalue weighted by molar-refractivity contribution is 0.0952. The summed E-state index contributed by atoms with van der Waals surface area (Å²) in [6.07, 6.45) is 6.31. The van der Waals surface area contributed by atoms with Gasteiger partial charge in [0.05, 0.1) is 6.26 Å². The molecule has 1 aromatic carbocycles. The van der Waals surface area contributed by atoms with Gasteiger partial charge in [0.25, 0.3) is 5.91 Å². The predicted octanol–water partition coefficient (Wildman–Crippen LogP) is 4.09. The van der Waals surface area contributed by atoms with Gasteiger partial charge in [-0.05, 0) is 30.7 Å². The van der Waals surface area contributed by atoms with E-state index >= 15 is 0 Å². The third kappa shape index (κ3) is 4.18. The molecule has 0 aliphatic heterocycles. The number of hydrogen-bond acceptors (Lipinski definition) is 3. The van der Waals surface area contributed by atoms with Crippen molar-refractivity contribution in [3.63, 3.8) is 0 Å². The molecule has 0 aliphatic rings. The lowest BCUT2D eigenvalue weighted by atomic mass is 10.1. The van der Waals surface area contributed by atoms with Crippen LogP contribution in [-0.4, -0.2) is 22.0 Å². The molecule has 25 heavy (non-hydrogen) atoms. The predicted molar refractivity (Wildman–Crippen MR) is 97.4 cm³/mol. The topological polar surface area (TPSA) is 60.1 Å². The second-order valence-corrected chi connectivity index (χ2v) is 6.30. The third-order valence-electron chi connectivity index (χ3n) is 4.06. The van der Waals surface area contributed by atoms with Crippen LogP contribution in [0.15, 0.2) is 59.5 Å². The first-order valence-electron chi connectivity index (χ1n) is 8.58. The van der Waals surface area contributed by atoms with E-state index in [0.29, 0.717) is 18.0 Å². The van der Waals surface area contributed by atoms with E-state index in [4.69, 9.17) is 4.42 Å². The molecule has 1 amide bonds. The van der Waals surface area contributed by atoms with E-state index in [2.05, 4.69) is 28.7 Å². The Balaban J connectivity index is 1.53. The largest absolute Gasteiger partial charge is 0.464 e. The van der Waals surface area contributed by atoms with Crippen molar-refractivity contribution in [1.29, 1.82) is 0 Å². The number of carbonyl (C=O) groups excluding carboxylic acids is 1. The molecule has 0 radical (unpaired) electrons. The molecule has 0 fully saturated rings. The first-order valence-corrected chi connectivity index (χ1v) is 8.58. The lowest BCUT2D eigenvalue weighted by Crippen LogP contribution is -2.25. The van der Waals surface area contributed by atoms with E-state index in [1.54, 1.807) is 6.26 Å². The first-order chi connectivity index (χ1) is 12.1. The maximum Gasteiger partial charge on any atom is 0.251 e. The van der Waals surface area contributed by atoms with Crippen LogP contribution in [-0.2, 0) is 6.54 Å². The van der Waals surface area contributed by atoms with Gasteiger partial charge in [-0.1, -0.05) is 26.0 Å². The summed E-state index contributed by atoms with van der Waals surface area (Å²) in [6.45, 7) is 5.74. The van der Waals surface area contributed by atoms with Gasteiger partial charge in [0.15, 0.2) is 0 Å². The summed E-state index contributed by atoms with van der Waals surface area (Å²) in [4.78, 5) is 16.7. The molecule has 5 nitrogen and oxygen atoms in total. The Bertz CT molecular complexity index is 819. The number of aryl methyl sites for hydroxylation is 1. The van der Waals surface area contributed by atoms with Crippen LogP contribution in [0.1, 0.15) is 42.4 Å². The molecule has 0 saturated heterocycles. The van der Waals surface area contributed by atoms with Crippen LogP contribution in [0.5, 0.6) is 0 Å². The maximum atomic E-state index is 12.3. The molecule has 0 atom stereocenters. The Morgan fingerprint density at radius 2 is 2.16 bits per heavy atom. The number of nitrogens with one attached hydrogen (secondary N) is 1. The van der Waals surface area contributed by atoms with Crippen molar-refractivity contribution >= 4 is 5.91 Å². The number of benzene rings is 1. The van der Waals surface area contributed by atoms with Crippen molar-refractivity contribution in [3.8, 4) is 11.3 Å². The van der Waals surface area contributed by atoms with Crippen LogP contribution in [0, 0.1) is 0 Å². The van der Waals surface area contributed by atoms with Gasteiger partial charge in [0.1, 0.15) is 11.6 Å². The van der Waals surface area contributed by atoms with E-state index < -0.39 is 0 Å². The third-order valence-corrected chi connectivity index (χ3v) is 4.06. The van der Waals surface area contributed by atoms with E-state index in [0.717, 1.165) is 30.1 Å². The number of imidazole rings is 1. The van der Waals surface area contributed by atoms with Crippen LogP contribution >= 0.6 is 0 Å². The molecule has 3 aromatic rings. The fraction of sp³-hybridized carbons (Fsp3) is 0.300. The van der Waals surface area contributed by atoms with Crippen LogP contribution in [0.3, 0.4) is 0 Å². The standard InChI is InChI=1S/C20H23N3O2/c1-15(2)19-21-10-12-23(19)11-5-9-22-20(24)17-7-3-6-16(14-17)18-8-4-13-25-18/h3-4,6-8,10,12-15H,5,9,11H2,1-2H3,(H,22,24). The first kappa shape index (κ1) is 17.0. The van der Waals surface area contributed by atoms with Gasteiger partial charge in [-0.15, -0.1) is 0 Å². The molecule has 5 heteroatoms. The minimum absolute atomic E-state index is 0.0666. The van der Waals surface area contributed by atoms with E-state index in [-0.39, 0.29) is 5.91 Å². The Hall–Kier alpha value is -2.82. The number of carbonyl (C=O) groups is 1. The fourth-order valence-corrected chi connectivity index (χ4v) is 2.82. The number of amides is 1. The van der Waals surface area contributed by atoms with E-state index in [9.17, 15) is 4.79 Å². The molecule has 0 spiro atoms. The summed E-state index contributed by atoms with van der Waals surface area (Å²) in [5.41, 5.74) is 1.54. The van der Waals surface area contributed by atoms with Crippen LogP contribution in [0.4, 0.5) is 0 Å². The minimum atomic E-state index is -0.0666. The van der Waals surface area contributed by atoms with Gasteiger partial charge in [0, 0.05) is 42.5 Å². The lowest BCUT2D eigenvalue weighted by Gasteiger charge is -2.11. The number of rotatable bonds is 7. The van der Waals surface area contributed by atoms with Crippen molar-refractivity contribution in [2.24, 2.45) is 0 Å². The zero-order valence-electron chi connectivity index (χ0n) is 14.6. The Morgan fingerprint density at radius 3 is 2.92 bits per heavy atom. The second kappa shape index (κ2) is 7.83. The van der Waals surface area contributed by atoms with Crippen LogP contribution < -0.4 is 5.32 Å². The van der Waals surface area contributed by atoms with Crippen molar-refractivity contribution < 1.29 is 9.21 Å². The fourth-order valence-electron chi connectivity index (χ4n) is 2.82. The van der Waals surface area contributed by atoms with Gasteiger partial charge in [-0.3, -0.25) is 4.79 Å². The normalized spacial score (nSPS) is 11.0. The quantitative estimate of drug-likeness (QED) is 0.661. The SMILES string of the molecule is CC(C)c1nccn1CCCNC(=O)c1cccc(-c2ccco2)c1. The summed E-state index contributed by atoms with van der Waals surface area (Å²) in [5.74, 6) is 2.17.